The lowest BCUT2D eigenvalue weighted by Crippen LogP contribution is -2.24. The van der Waals surface area contributed by atoms with Crippen LogP contribution in [-0.2, 0) is 5.88 Å². The first-order valence-electron chi connectivity index (χ1n) is 4.06. The third-order valence-corrected chi connectivity index (χ3v) is 1.92. The predicted octanol–water partition coefficient (Wildman–Crippen LogP) is 1.71. The zero-order valence-electron chi connectivity index (χ0n) is 7.97. The number of carboxylic acid groups (broad SMARTS) is 1. The quantitative estimate of drug-likeness (QED) is 0.820. The molecule has 94 valence electrons. The number of rotatable bonds is 3. The molecule has 1 aromatic heterocycles. The molecule has 5 nitrogen and oxygen atoms in total. The summed E-state index contributed by atoms with van der Waals surface area (Å²) >= 11 is 5.32. The molecule has 0 aromatic carbocycles. The summed E-state index contributed by atoms with van der Waals surface area (Å²) in [4.78, 5) is 23.9. The van der Waals surface area contributed by atoms with Crippen molar-refractivity contribution in [2.24, 2.45) is 0 Å². The molecule has 1 heterocycles. The molecule has 0 fully saturated rings. The molecular weight excluding hydrogens is 267 g/mol. The maximum absolute atomic E-state index is 12.0. The van der Waals surface area contributed by atoms with Crippen LogP contribution in [-0.4, -0.2) is 22.4 Å². The van der Waals surface area contributed by atoms with Crippen molar-refractivity contribution in [1.29, 1.82) is 0 Å². The van der Waals surface area contributed by atoms with Gasteiger partial charge in [-0.25, -0.2) is 4.79 Å². The number of hydrogen-bond acceptors (Lipinski definition) is 3. The average molecular weight is 272 g/mol. The molecule has 0 aliphatic heterocycles. The van der Waals surface area contributed by atoms with Crippen molar-refractivity contribution in [3.8, 4) is 5.88 Å². The number of H-pyrrole nitrogens is 1. The van der Waals surface area contributed by atoms with Gasteiger partial charge in [-0.3, -0.25) is 4.79 Å². The van der Waals surface area contributed by atoms with Crippen molar-refractivity contribution in [1.82, 2.24) is 4.98 Å². The van der Waals surface area contributed by atoms with Crippen LogP contribution in [0.4, 0.5) is 13.2 Å². The van der Waals surface area contributed by atoms with Crippen LogP contribution in [0.1, 0.15) is 16.1 Å². The van der Waals surface area contributed by atoms with Gasteiger partial charge in [-0.05, 0) is 0 Å². The number of pyridine rings is 1. The van der Waals surface area contributed by atoms with Gasteiger partial charge in [0.2, 0.25) is 5.88 Å². The number of hydrogen-bond donors (Lipinski definition) is 2. The fraction of sp³-hybridized carbons (Fsp3) is 0.250. The van der Waals surface area contributed by atoms with Gasteiger partial charge in [0.1, 0.15) is 0 Å². The van der Waals surface area contributed by atoms with E-state index in [1.54, 1.807) is 0 Å². The van der Waals surface area contributed by atoms with Crippen molar-refractivity contribution >= 4 is 17.6 Å². The number of aromatic nitrogens is 1. The Kier molecular flexibility index (Phi) is 3.66. The van der Waals surface area contributed by atoms with Gasteiger partial charge in [-0.1, -0.05) is 0 Å². The minimum atomic E-state index is -5.11. The lowest BCUT2D eigenvalue weighted by atomic mass is 10.2. The summed E-state index contributed by atoms with van der Waals surface area (Å²) in [6.07, 6.45) is -5.11. The van der Waals surface area contributed by atoms with Crippen molar-refractivity contribution in [3.05, 3.63) is 27.5 Å². The van der Waals surface area contributed by atoms with Crippen molar-refractivity contribution in [2.75, 3.05) is 0 Å². The highest BCUT2D eigenvalue weighted by molar-refractivity contribution is 6.16. The average Bonchev–Trinajstić information content (AvgIpc) is 2.13. The topological polar surface area (TPSA) is 79.4 Å². The molecule has 1 aromatic rings. The summed E-state index contributed by atoms with van der Waals surface area (Å²) in [7, 11) is 0. The lowest BCUT2D eigenvalue weighted by molar-refractivity contribution is -0.276. The van der Waals surface area contributed by atoms with E-state index in [-0.39, 0.29) is 11.6 Å². The van der Waals surface area contributed by atoms with Crippen LogP contribution >= 0.6 is 11.6 Å². The maximum atomic E-state index is 12.0. The number of alkyl halides is 4. The maximum Gasteiger partial charge on any atom is 0.574 e. The highest BCUT2D eigenvalue weighted by Gasteiger charge is 2.34. The Morgan fingerprint density at radius 1 is 1.53 bits per heavy atom. The summed E-state index contributed by atoms with van der Waals surface area (Å²) in [5.74, 6) is -3.30. The zero-order chi connectivity index (χ0) is 13.2. The number of carbonyl (C=O) groups is 1. The molecule has 0 saturated heterocycles. The molecule has 9 heteroatoms. The second-order valence-corrected chi connectivity index (χ2v) is 3.12. The number of nitrogens with one attached hydrogen (secondary N) is 1. The minimum absolute atomic E-state index is 0.0825. The number of aromatic carboxylic acids is 1. The molecule has 0 bridgehead atoms. The molecule has 0 radical (unpaired) electrons. The van der Waals surface area contributed by atoms with Gasteiger partial charge < -0.3 is 14.8 Å². The highest BCUT2D eigenvalue weighted by Crippen LogP contribution is 2.23. The van der Waals surface area contributed by atoms with E-state index in [1.807, 2.05) is 4.98 Å². The number of ether oxygens (including phenoxy) is 1. The van der Waals surface area contributed by atoms with E-state index in [0.29, 0.717) is 0 Å². The number of carboxylic acids is 1. The molecule has 0 aliphatic carbocycles. The molecule has 0 amide bonds. The van der Waals surface area contributed by atoms with Gasteiger partial charge in [0.15, 0.2) is 11.0 Å². The van der Waals surface area contributed by atoms with Crippen molar-refractivity contribution in [3.63, 3.8) is 0 Å². The second kappa shape index (κ2) is 4.66. The standard InChI is InChI=1S/C8H5ClF3NO4/c9-2-3-1-4(14)5(7(15)16)6(13-3)17-8(10,11)12/h1H,2H2,(H,13,14)(H,15,16). The number of halogens is 4. The minimum Gasteiger partial charge on any atom is -0.477 e. The molecule has 1 rings (SSSR count). The summed E-state index contributed by atoms with van der Waals surface area (Å²) in [6.45, 7) is 0. The largest absolute Gasteiger partial charge is 0.574 e. The first kappa shape index (κ1) is 13.4. The molecule has 2 N–H and O–H groups in total. The Labute approximate surface area is 96.8 Å². The molecule has 0 saturated carbocycles. The molecule has 0 spiro atoms. The van der Waals surface area contributed by atoms with Gasteiger partial charge in [-0.15, -0.1) is 24.8 Å². The van der Waals surface area contributed by atoms with E-state index >= 15 is 0 Å². The van der Waals surface area contributed by atoms with Gasteiger partial charge in [-0.2, -0.15) is 0 Å². The monoisotopic (exact) mass is 271 g/mol. The van der Waals surface area contributed by atoms with Gasteiger partial charge >= 0.3 is 12.3 Å². The fourth-order valence-corrected chi connectivity index (χ4v) is 1.20. The lowest BCUT2D eigenvalue weighted by Gasteiger charge is -2.11. The van der Waals surface area contributed by atoms with Gasteiger partial charge in [0.25, 0.3) is 0 Å². The Hall–Kier alpha value is -1.70. The zero-order valence-corrected chi connectivity index (χ0v) is 8.72. The molecule has 0 aliphatic rings. The third-order valence-electron chi connectivity index (χ3n) is 1.63. The second-order valence-electron chi connectivity index (χ2n) is 2.85. The Morgan fingerprint density at radius 3 is 2.53 bits per heavy atom. The van der Waals surface area contributed by atoms with E-state index in [0.717, 1.165) is 6.07 Å². The van der Waals surface area contributed by atoms with Gasteiger partial charge in [0, 0.05) is 11.8 Å². The van der Waals surface area contributed by atoms with E-state index in [1.165, 1.54) is 0 Å². The van der Waals surface area contributed by atoms with Crippen molar-refractivity contribution < 1.29 is 27.8 Å². The Morgan fingerprint density at radius 2 is 2.12 bits per heavy atom. The van der Waals surface area contributed by atoms with E-state index in [9.17, 15) is 22.8 Å². The van der Waals surface area contributed by atoms with Crippen LogP contribution in [0.25, 0.3) is 0 Å². The van der Waals surface area contributed by atoms with Gasteiger partial charge in [0.05, 0.1) is 5.88 Å². The first-order valence-corrected chi connectivity index (χ1v) is 4.59. The van der Waals surface area contributed by atoms with Crippen molar-refractivity contribution in [2.45, 2.75) is 12.2 Å². The third kappa shape index (κ3) is 3.38. The summed E-state index contributed by atoms with van der Waals surface area (Å²) in [5, 5.41) is 8.61. The highest BCUT2D eigenvalue weighted by atomic mass is 35.5. The normalized spacial score (nSPS) is 11.3. The molecule has 0 unspecified atom stereocenters. The van der Waals surface area contributed by atoms with Crippen LogP contribution in [0.2, 0.25) is 0 Å². The number of aromatic amines is 1. The first-order chi connectivity index (χ1) is 7.74. The molecule has 17 heavy (non-hydrogen) atoms. The van der Waals surface area contributed by atoms with Crippen LogP contribution in [0.15, 0.2) is 10.9 Å². The SMILES string of the molecule is O=C(O)c1c(OC(F)(F)F)[nH]c(CCl)cc1=O. The summed E-state index contributed by atoms with van der Waals surface area (Å²) < 4.78 is 39.4. The predicted molar refractivity (Wildman–Crippen MR) is 50.3 cm³/mol. The van der Waals surface area contributed by atoms with E-state index < -0.39 is 29.2 Å². The van der Waals surface area contributed by atoms with E-state index in [4.69, 9.17) is 16.7 Å². The van der Waals surface area contributed by atoms with Crippen LogP contribution < -0.4 is 10.2 Å². The molecular formula is C8H5ClF3NO4. The van der Waals surface area contributed by atoms with Crippen LogP contribution in [0, 0.1) is 0 Å². The van der Waals surface area contributed by atoms with E-state index in [2.05, 4.69) is 4.74 Å². The Bertz CT molecular complexity index is 497. The van der Waals surface area contributed by atoms with Crippen LogP contribution in [0.3, 0.4) is 0 Å². The summed E-state index contributed by atoms with van der Waals surface area (Å²) in [6, 6.07) is 0.791. The fourth-order valence-electron chi connectivity index (χ4n) is 1.05. The summed E-state index contributed by atoms with van der Waals surface area (Å²) in [5.41, 5.74) is -2.33. The molecule has 0 atom stereocenters. The van der Waals surface area contributed by atoms with Crippen LogP contribution in [0.5, 0.6) is 5.88 Å². The Balaban J connectivity index is 3.38. The smallest absolute Gasteiger partial charge is 0.477 e.